The lowest BCUT2D eigenvalue weighted by Crippen LogP contribution is -2.28. The van der Waals surface area contributed by atoms with Crippen molar-refractivity contribution in [2.45, 2.75) is 6.42 Å². The predicted octanol–water partition coefficient (Wildman–Crippen LogP) is 3.61. The van der Waals surface area contributed by atoms with Crippen molar-refractivity contribution in [1.82, 2.24) is 4.98 Å². The van der Waals surface area contributed by atoms with E-state index in [1.54, 1.807) is 36.7 Å². The maximum Gasteiger partial charge on any atom is 0.258 e. The predicted molar refractivity (Wildman–Crippen MR) is 100 cm³/mol. The zero-order valence-electron chi connectivity index (χ0n) is 13.6. The van der Waals surface area contributed by atoms with Gasteiger partial charge < -0.3 is 16.0 Å². The molecular formula is C20H18N4O. The van der Waals surface area contributed by atoms with E-state index in [0.29, 0.717) is 17.8 Å². The van der Waals surface area contributed by atoms with Crippen LogP contribution in [0.15, 0.2) is 67.0 Å². The van der Waals surface area contributed by atoms with Crippen LogP contribution in [-0.4, -0.2) is 17.4 Å². The molecule has 3 N–H and O–H groups in total. The van der Waals surface area contributed by atoms with Gasteiger partial charge in [-0.25, -0.2) is 0 Å². The fourth-order valence-electron chi connectivity index (χ4n) is 3.18. The Kier molecular flexibility index (Phi) is 3.82. The Morgan fingerprint density at radius 2 is 1.88 bits per heavy atom. The van der Waals surface area contributed by atoms with Gasteiger partial charge in [-0.1, -0.05) is 12.1 Å². The number of nitrogens with one attached hydrogen (secondary N) is 1. The van der Waals surface area contributed by atoms with E-state index in [4.69, 9.17) is 5.73 Å². The van der Waals surface area contributed by atoms with Crippen LogP contribution >= 0.6 is 0 Å². The number of hydrogen-bond acceptors (Lipinski definition) is 4. The number of fused-ring (bicyclic) bond motifs is 1. The number of anilines is 4. The van der Waals surface area contributed by atoms with E-state index < -0.39 is 0 Å². The third-order valence-electron chi connectivity index (χ3n) is 4.37. The number of nitrogen functional groups attached to an aromatic ring is 1. The molecule has 4 rings (SSSR count). The number of amides is 1. The van der Waals surface area contributed by atoms with Gasteiger partial charge >= 0.3 is 0 Å². The summed E-state index contributed by atoms with van der Waals surface area (Å²) in [7, 11) is 0. The van der Waals surface area contributed by atoms with E-state index in [9.17, 15) is 4.79 Å². The van der Waals surface area contributed by atoms with Crippen LogP contribution < -0.4 is 16.0 Å². The summed E-state index contributed by atoms with van der Waals surface area (Å²) in [6, 6.07) is 16.9. The topological polar surface area (TPSA) is 71.2 Å². The van der Waals surface area contributed by atoms with Crippen molar-refractivity contribution in [2.75, 3.05) is 22.5 Å². The van der Waals surface area contributed by atoms with E-state index in [1.807, 2.05) is 35.2 Å². The van der Waals surface area contributed by atoms with Crippen LogP contribution in [0.25, 0.3) is 0 Å². The molecule has 5 heteroatoms. The second-order valence-electron chi connectivity index (χ2n) is 6.00. The highest BCUT2D eigenvalue weighted by Gasteiger charge is 2.27. The maximum absolute atomic E-state index is 12.9. The number of nitrogens with two attached hydrogens (primary N) is 1. The lowest BCUT2D eigenvalue weighted by atomic mass is 10.1. The lowest BCUT2D eigenvalue weighted by Gasteiger charge is -2.18. The van der Waals surface area contributed by atoms with Gasteiger partial charge in [0.05, 0.1) is 0 Å². The van der Waals surface area contributed by atoms with Crippen molar-refractivity contribution in [2.24, 2.45) is 0 Å². The molecule has 2 heterocycles. The number of rotatable bonds is 3. The second kappa shape index (κ2) is 6.28. The molecule has 0 atom stereocenters. The fraction of sp³-hybridized carbons (Fsp3) is 0.100. The summed E-state index contributed by atoms with van der Waals surface area (Å²) in [6.07, 6.45) is 4.32. The van der Waals surface area contributed by atoms with Gasteiger partial charge in [-0.05, 0) is 48.9 Å². The Hall–Kier alpha value is -3.34. The maximum atomic E-state index is 12.9. The van der Waals surface area contributed by atoms with Gasteiger partial charge in [0.25, 0.3) is 5.91 Å². The molecule has 1 aromatic heterocycles. The largest absolute Gasteiger partial charge is 0.399 e. The van der Waals surface area contributed by atoms with Crippen LogP contribution in [0.1, 0.15) is 15.9 Å². The van der Waals surface area contributed by atoms with E-state index in [2.05, 4.69) is 10.3 Å². The molecule has 0 unspecified atom stereocenters. The highest BCUT2D eigenvalue weighted by molar-refractivity contribution is 6.08. The van der Waals surface area contributed by atoms with Crippen LogP contribution in [0.4, 0.5) is 22.7 Å². The molecule has 1 aliphatic heterocycles. The summed E-state index contributed by atoms with van der Waals surface area (Å²) >= 11 is 0. The summed E-state index contributed by atoms with van der Waals surface area (Å²) in [5.74, 6) is -0.0212. The van der Waals surface area contributed by atoms with Gasteiger partial charge in [-0.3, -0.25) is 9.78 Å². The number of benzene rings is 2. The third kappa shape index (κ3) is 2.92. The summed E-state index contributed by atoms with van der Waals surface area (Å²) in [5.41, 5.74) is 11.1. The average Bonchev–Trinajstić information content (AvgIpc) is 3.07. The minimum atomic E-state index is -0.0212. The first-order valence-electron chi connectivity index (χ1n) is 8.19. The molecule has 0 radical (unpaired) electrons. The number of pyridine rings is 1. The van der Waals surface area contributed by atoms with Crippen LogP contribution in [0.5, 0.6) is 0 Å². The van der Waals surface area contributed by atoms with E-state index in [0.717, 1.165) is 29.0 Å². The molecule has 5 nitrogen and oxygen atoms in total. The Bertz CT molecular complexity index is 924. The van der Waals surface area contributed by atoms with Crippen LogP contribution in [0, 0.1) is 0 Å². The van der Waals surface area contributed by atoms with Crippen molar-refractivity contribution >= 4 is 28.7 Å². The number of aromatic nitrogens is 1. The normalized spacial score (nSPS) is 12.7. The Morgan fingerprint density at radius 3 is 2.68 bits per heavy atom. The molecule has 0 saturated heterocycles. The zero-order valence-corrected chi connectivity index (χ0v) is 13.6. The highest BCUT2D eigenvalue weighted by atomic mass is 16.2. The van der Waals surface area contributed by atoms with E-state index >= 15 is 0 Å². The molecule has 2 aromatic carbocycles. The summed E-state index contributed by atoms with van der Waals surface area (Å²) in [5, 5.41) is 3.41. The molecule has 3 aromatic rings. The van der Waals surface area contributed by atoms with Crippen LogP contribution in [0.3, 0.4) is 0 Å². The number of hydrogen-bond donors (Lipinski definition) is 2. The molecule has 1 amide bonds. The van der Waals surface area contributed by atoms with Gasteiger partial charge in [-0.15, -0.1) is 0 Å². The van der Waals surface area contributed by atoms with Crippen LogP contribution in [-0.2, 0) is 6.42 Å². The molecule has 1 aliphatic rings. The number of nitrogens with zero attached hydrogens (tertiary/aromatic N) is 2. The first-order chi connectivity index (χ1) is 12.2. The van der Waals surface area contributed by atoms with Crippen LogP contribution in [0.2, 0.25) is 0 Å². The quantitative estimate of drug-likeness (QED) is 0.720. The molecular weight excluding hydrogens is 312 g/mol. The van der Waals surface area contributed by atoms with E-state index in [-0.39, 0.29) is 5.91 Å². The zero-order chi connectivity index (χ0) is 17.2. The van der Waals surface area contributed by atoms with Crippen molar-refractivity contribution in [1.29, 1.82) is 0 Å². The summed E-state index contributed by atoms with van der Waals surface area (Å²) in [4.78, 5) is 18.7. The van der Waals surface area contributed by atoms with Gasteiger partial charge in [0, 0.05) is 52.8 Å². The fourth-order valence-corrected chi connectivity index (χ4v) is 3.18. The van der Waals surface area contributed by atoms with Crippen molar-refractivity contribution in [3.05, 3.63) is 78.1 Å². The standard InChI is InChI=1S/C20H18N4O/c21-15-4-1-3-14(13-15)20(25)24-12-9-17-18(5-2-6-19(17)24)23-16-7-10-22-11-8-16/h1-8,10-11,13H,9,12,21H2,(H,22,23). The summed E-state index contributed by atoms with van der Waals surface area (Å²) in [6.45, 7) is 0.665. The number of carbonyl (C=O) groups excluding carboxylic acids is 1. The first-order valence-corrected chi connectivity index (χ1v) is 8.19. The molecule has 25 heavy (non-hydrogen) atoms. The van der Waals surface area contributed by atoms with Gasteiger partial charge in [0.15, 0.2) is 0 Å². The first kappa shape index (κ1) is 15.2. The minimum absolute atomic E-state index is 0.0212. The van der Waals surface area contributed by atoms with Crippen molar-refractivity contribution in [3.8, 4) is 0 Å². The third-order valence-corrected chi connectivity index (χ3v) is 4.37. The average molecular weight is 330 g/mol. The molecule has 124 valence electrons. The minimum Gasteiger partial charge on any atom is -0.399 e. The van der Waals surface area contributed by atoms with Gasteiger partial charge in [0.2, 0.25) is 0 Å². The Labute approximate surface area is 146 Å². The second-order valence-corrected chi connectivity index (χ2v) is 6.00. The van der Waals surface area contributed by atoms with Gasteiger partial charge in [0.1, 0.15) is 0 Å². The van der Waals surface area contributed by atoms with Crippen molar-refractivity contribution < 1.29 is 4.79 Å². The monoisotopic (exact) mass is 330 g/mol. The molecule has 0 saturated carbocycles. The van der Waals surface area contributed by atoms with Crippen molar-refractivity contribution in [3.63, 3.8) is 0 Å². The van der Waals surface area contributed by atoms with Gasteiger partial charge in [-0.2, -0.15) is 0 Å². The number of carbonyl (C=O) groups is 1. The smallest absolute Gasteiger partial charge is 0.258 e. The molecule has 0 bridgehead atoms. The SMILES string of the molecule is Nc1cccc(C(=O)N2CCc3c(Nc4ccncc4)cccc32)c1. The molecule has 0 spiro atoms. The molecule has 0 fully saturated rings. The highest BCUT2D eigenvalue weighted by Crippen LogP contribution is 2.35. The van der Waals surface area contributed by atoms with E-state index in [1.165, 1.54) is 0 Å². The summed E-state index contributed by atoms with van der Waals surface area (Å²) < 4.78 is 0. The lowest BCUT2D eigenvalue weighted by molar-refractivity contribution is 0.0989. The molecule has 0 aliphatic carbocycles. The Morgan fingerprint density at radius 1 is 1.08 bits per heavy atom. The Balaban J connectivity index is 1.65.